The van der Waals surface area contributed by atoms with Crippen LogP contribution >= 0.6 is 0 Å². The Morgan fingerprint density at radius 1 is 1.08 bits per heavy atom. The zero-order valence-electron chi connectivity index (χ0n) is 31.3. The molecule has 0 bridgehead atoms. The second-order valence-electron chi connectivity index (χ2n) is 15.2. The Hall–Kier alpha value is -3.86. The molecule has 1 amide bonds. The predicted molar refractivity (Wildman–Crippen MR) is 201 cm³/mol. The third kappa shape index (κ3) is 8.84. The van der Waals surface area contributed by atoms with Crippen LogP contribution in [0, 0.1) is 17.8 Å². The molecule has 3 N–H and O–H groups in total. The van der Waals surface area contributed by atoms with Crippen LogP contribution in [-0.2, 0) is 20.9 Å². The van der Waals surface area contributed by atoms with Crippen molar-refractivity contribution in [1.29, 1.82) is 0 Å². The summed E-state index contributed by atoms with van der Waals surface area (Å²) in [4.78, 5) is 22.2. The normalized spacial score (nSPS) is 25.7. The maximum absolute atomic E-state index is 14.3. The van der Waals surface area contributed by atoms with Gasteiger partial charge in [-0.05, 0) is 94.0 Å². The predicted octanol–water partition coefficient (Wildman–Crippen LogP) is 7.87. The second kappa shape index (κ2) is 17.8. The highest BCUT2D eigenvalue weighted by atomic mass is 16.7. The Morgan fingerprint density at radius 3 is 2.48 bits per heavy atom. The van der Waals surface area contributed by atoms with E-state index < -0.39 is 29.4 Å². The number of benzene rings is 2. The third-order valence-electron chi connectivity index (χ3n) is 10.4. The van der Waals surface area contributed by atoms with Gasteiger partial charge in [-0.25, -0.2) is 4.79 Å². The van der Waals surface area contributed by atoms with Crippen LogP contribution in [0.4, 0.5) is 4.79 Å². The van der Waals surface area contributed by atoms with E-state index in [9.17, 15) is 20.1 Å². The summed E-state index contributed by atoms with van der Waals surface area (Å²) in [5.41, 5.74) is 2.85. The van der Waals surface area contributed by atoms with Crippen molar-refractivity contribution in [2.24, 2.45) is 22.9 Å². The molecule has 0 saturated heterocycles. The highest BCUT2D eigenvalue weighted by molar-refractivity contribution is 6.03. The number of phenols is 1. The van der Waals surface area contributed by atoms with Crippen LogP contribution in [0.1, 0.15) is 96.1 Å². The molecule has 10 nitrogen and oxygen atoms in total. The van der Waals surface area contributed by atoms with Crippen LogP contribution in [-0.4, -0.2) is 75.8 Å². The lowest BCUT2D eigenvalue weighted by molar-refractivity contribution is -0.255. The number of aliphatic hydroxyl groups excluding tert-OH is 2. The maximum atomic E-state index is 14.3. The summed E-state index contributed by atoms with van der Waals surface area (Å²) in [6, 6.07) is 14.2. The molecule has 10 heteroatoms. The van der Waals surface area contributed by atoms with Gasteiger partial charge in [0.25, 0.3) is 0 Å². The van der Waals surface area contributed by atoms with Gasteiger partial charge in [-0.3, -0.25) is 4.90 Å². The SMILES string of the molecule is C=CCOC12Oc3ccc(O)cc3C3C(CCCCO)C(CCCCO)C=C(C(=NOC(C)(C)C)CC1N(CCC)C(=O)OCc1ccccc1)C32. The first kappa shape index (κ1) is 39.3. The van der Waals surface area contributed by atoms with Gasteiger partial charge in [0.1, 0.15) is 29.7 Å². The summed E-state index contributed by atoms with van der Waals surface area (Å²) in [5.74, 6) is -1.12. The molecular weight excluding hydrogens is 660 g/mol. The zero-order valence-corrected chi connectivity index (χ0v) is 31.3. The molecule has 284 valence electrons. The van der Waals surface area contributed by atoms with Gasteiger partial charge in [0, 0.05) is 37.7 Å². The highest BCUT2D eigenvalue weighted by Gasteiger charge is 2.65. The van der Waals surface area contributed by atoms with Gasteiger partial charge in [0.05, 0.1) is 18.2 Å². The summed E-state index contributed by atoms with van der Waals surface area (Å²) in [7, 11) is 0. The van der Waals surface area contributed by atoms with E-state index in [-0.39, 0.29) is 56.4 Å². The lowest BCUT2D eigenvalue weighted by Gasteiger charge is -2.60. The van der Waals surface area contributed by atoms with Crippen molar-refractivity contribution in [2.45, 2.75) is 109 Å². The van der Waals surface area contributed by atoms with E-state index in [2.05, 4.69) is 12.7 Å². The molecule has 5 rings (SSSR count). The van der Waals surface area contributed by atoms with Crippen molar-refractivity contribution in [3.63, 3.8) is 0 Å². The number of unbranched alkanes of at least 4 members (excludes halogenated alkanes) is 2. The molecule has 1 heterocycles. The van der Waals surface area contributed by atoms with Gasteiger partial charge in [0.15, 0.2) is 0 Å². The molecule has 3 aliphatic rings. The molecule has 6 atom stereocenters. The van der Waals surface area contributed by atoms with Gasteiger partial charge in [0.2, 0.25) is 5.79 Å². The quantitative estimate of drug-likeness (QED) is 0.0856. The summed E-state index contributed by atoms with van der Waals surface area (Å²) >= 11 is 0. The van der Waals surface area contributed by atoms with Crippen molar-refractivity contribution in [1.82, 2.24) is 4.90 Å². The fraction of sp³-hybridized carbons (Fsp3) is 0.571. The van der Waals surface area contributed by atoms with E-state index in [1.165, 1.54) is 0 Å². The van der Waals surface area contributed by atoms with Crippen molar-refractivity contribution < 1.29 is 39.2 Å². The van der Waals surface area contributed by atoms with Crippen LogP contribution in [0.2, 0.25) is 0 Å². The molecule has 0 aromatic heterocycles. The van der Waals surface area contributed by atoms with Crippen molar-refractivity contribution in [2.75, 3.05) is 26.4 Å². The molecule has 1 aliphatic heterocycles. The monoisotopic (exact) mass is 718 g/mol. The fourth-order valence-electron chi connectivity index (χ4n) is 8.27. The number of allylic oxidation sites excluding steroid dienone is 1. The summed E-state index contributed by atoms with van der Waals surface area (Å²) in [6.45, 7) is 12.8. The number of carbonyl (C=O) groups is 1. The summed E-state index contributed by atoms with van der Waals surface area (Å²) in [5, 5.41) is 35.3. The van der Waals surface area contributed by atoms with Crippen molar-refractivity contribution in [3.05, 3.63) is 84.0 Å². The van der Waals surface area contributed by atoms with E-state index >= 15 is 0 Å². The molecule has 2 aromatic rings. The van der Waals surface area contributed by atoms with E-state index in [1.807, 2.05) is 58.0 Å². The highest BCUT2D eigenvalue weighted by Crippen LogP contribution is 2.62. The van der Waals surface area contributed by atoms with Gasteiger partial charge < -0.3 is 34.4 Å². The number of phenolic OH excluding ortho intramolecular Hbond substituents is 1. The second-order valence-corrected chi connectivity index (χ2v) is 15.2. The molecule has 1 saturated carbocycles. The van der Waals surface area contributed by atoms with Crippen LogP contribution < -0.4 is 4.74 Å². The number of carbonyl (C=O) groups excluding carboxylic acids is 1. The average Bonchev–Trinajstić information content (AvgIpc) is 3.13. The molecule has 0 radical (unpaired) electrons. The van der Waals surface area contributed by atoms with E-state index in [1.54, 1.807) is 29.2 Å². The lowest BCUT2D eigenvalue weighted by Crippen LogP contribution is -2.70. The van der Waals surface area contributed by atoms with Crippen LogP contribution in [0.3, 0.4) is 0 Å². The molecular formula is C42H58N2O8. The molecule has 1 fully saturated rings. The summed E-state index contributed by atoms with van der Waals surface area (Å²) < 4.78 is 20.1. The Morgan fingerprint density at radius 2 is 1.81 bits per heavy atom. The number of hydrogen-bond donors (Lipinski definition) is 3. The number of hydrogen-bond acceptors (Lipinski definition) is 9. The minimum absolute atomic E-state index is 0.0725. The largest absolute Gasteiger partial charge is 0.508 e. The fourth-order valence-corrected chi connectivity index (χ4v) is 8.27. The van der Waals surface area contributed by atoms with E-state index in [4.69, 9.17) is 24.2 Å². The first-order valence-corrected chi connectivity index (χ1v) is 19.0. The molecule has 6 unspecified atom stereocenters. The van der Waals surface area contributed by atoms with E-state index in [0.29, 0.717) is 31.6 Å². The zero-order chi connectivity index (χ0) is 37.3. The van der Waals surface area contributed by atoms with Crippen molar-refractivity contribution >= 4 is 11.8 Å². The smallest absolute Gasteiger partial charge is 0.410 e. The van der Waals surface area contributed by atoms with E-state index in [0.717, 1.165) is 48.1 Å². The topological polar surface area (TPSA) is 130 Å². The number of aromatic hydroxyl groups is 1. The first-order valence-electron chi connectivity index (χ1n) is 19.0. The van der Waals surface area contributed by atoms with Crippen LogP contribution in [0.15, 0.2) is 78.0 Å². The van der Waals surface area contributed by atoms with Crippen LogP contribution in [0.25, 0.3) is 0 Å². The standard InChI is InChI=1S/C42H58N2O8/c1-6-21-44(40(48)49-28-29-15-9-8-10-16-29)37-27-35(43-52-41(3,4)5)33-25-30(17-11-13-22-45)32(18-12-14-23-46)38-34-26-31(47)19-20-36(34)51-42(37,39(33)38)50-24-7-2/h7-10,15-16,19-20,25-26,30,32,37-39,45-47H,2,6,11-14,17-18,21-24,27-28H2,1,3-5H3. The molecule has 2 aliphatic carbocycles. The first-order chi connectivity index (χ1) is 25.1. The number of nitrogens with zero attached hydrogens (tertiary/aromatic N) is 2. The Labute approximate surface area is 309 Å². The number of rotatable bonds is 17. The lowest BCUT2D eigenvalue weighted by atomic mass is 9.55. The van der Waals surface area contributed by atoms with Gasteiger partial charge in [-0.15, -0.1) is 6.58 Å². The molecule has 52 heavy (non-hydrogen) atoms. The molecule has 2 aromatic carbocycles. The number of ether oxygens (including phenoxy) is 3. The Kier molecular flexibility index (Phi) is 13.5. The minimum Gasteiger partial charge on any atom is -0.508 e. The van der Waals surface area contributed by atoms with Gasteiger partial charge in [-0.1, -0.05) is 67.4 Å². The van der Waals surface area contributed by atoms with Crippen LogP contribution in [0.5, 0.6) is 11.5 Å². The number of fused-ring (bicyclic) bond motifs is 2. The van der Waals surface area contributed by atoms with Gasteiger partial charge >= 0.3 is 6.09 Å². The number of aliphatic hydroxyl groups is 2. The Balaban J connectivity index is 1.73. The van der Waals surface area contributed by atoms with Gasteiger partial charge in [-0.2, -0.15) is 0 Å². The molecule has 0 spiro atoms. The number of amides is 1. The number of oxime groups is 1. The average molecular weight is 719 g/mol. The maximum Gasteiger partial charge on any atom is 0.410 e. The Bertz CT molecular complexity index is 1550. The minimum atomic E-state index is -1.37. The summed E-state index contributed by atoms with van der Waals surface area (Å²) in [6.07, 6.45) is 9.15. The third-order valence-corrected chi connectivity index (χ3v) is 10.4. The van der Waals surface area contributed by atoms with Crippen molar-refractivity contribution in [3.8, 4) is 11.5 Å².